The van der Waals surface area contributed by atoms with Crippen molar-refractivity contribution in [3.63, 3.8) is 0 Å². The van der Waals surface area contributed by atoms with Crippen LogP contribution in [0.25, 0.3) is 110 Å². The SMILES string of the molecule is CC1(C)c2ccccc2-c2ccc(N(c3ccc(-c4cccc5c4-c4ccccc4C54C5CC6CC(C5)CC4C6)cc3)c3cc4ccccc4c4ccccc34)cc21.CC1(C)c2ccccc2-c2ccc(N(c3ccc(-c4cccc5c4-c4ccccc4C54C5CC6CC(C5)CC4C6)cc3)c3ccc4c(ccc5ccccc54)c3)cc21. The molecule has 0 amide bonds. The average Bonchev–Trinajstić information content (AvgIpc) is 1.50. The van der Waals surface area contributed by atoms with Crippen LogP contribution in [0.5, 0.6) is 0 Å². The highest BCUT2D eigenvalue weighted by molar-refractivity contribution is 6.15. The number of hydrogen-bond donors (Lipinski definition) is 0. The topological polar surface area (TPSA) is 6.48 Å². The van der Waals surface area contributed by atoms with Crippen molar-refractivity contribution in [3.8, 4) is 66.8 Å². The Bertz CT molecular complexity index is 6760. The molecular weight excluding hydrogens is 1400 g/mol. The largest absolute Gasteiger partial charge is 0.310 e. The normalized spacial score (nSPS) is 23.9. The van der Waals surface area contributed by atoms with E-state index in [1.54, 1.807) is 22.3 Å². The van der Waals surface area contributed by atoms with Crippen LogP contribution in [-0.4, -0.2) is 0 Å². The summed E-state index contributed by atoms with van der Waals surface area (Å²) in [6.07, 6.45) is 14.2. The second-order valence-electron chi connectivity index (χ2n) is 37.8. The molecule has 8 fully saturated rings. The number of anilines is 6. The van der Waals surface area contributed by atoms with E-state index in [2.05, 4.69) is 365 Å². The molecule has 560 valence electrons. The van der Waals surface area contributed by atoms with Gasteiger partial charge in [0.15, 0.2) is 0 Å². The quantitative estimate of drug-likeness (QED) is 0.140. The fraction of sp³-hybridized carbons (Fsp3) is 0.228. The van der Waals surface area contributed by atoms with Crippen molar-refractivity contribution in [2.45, 2.75) is 114 Å². The third kappa shape index (κ3) is 9.42. The molecule has 8 bridgehead atoms. The Kier molecular flexibility index (Phi) is 14.5. The molecule has 8 saturated carbocycles. The molecule has 0 atom stereocenters. The summed E-state index contributed by atoms with van der Waals surface area (Å²) in [6.45, 7) is 9.53. The molecule has 0 heterocycles. The smallest absolute Gasteiger partial charge is 0.0546 e. The molecule has 0 radical (unpaired) electrons. The maximum atomic E-state index is 2.52. The zero-order chi connectivity index (χ0) is 76.7. The molecule has 0 N–H and O–H groups in total. The summed E-state index contributed by atoms with van der Waals surface area (Å²) in [5.41, 5.74) is 36.0. The first-order chi connectivity index (χ1) is 56.9. The lowest BCUT2D eigenvalue weighted by Crippen LogP contribution is -2.55. The van der Waals surface area contributed by atoms with Crippen molar-refractivity contribution in [2.75, 3.05) is 9.80 Å². The van der Waals surface area contributed by atoms with Crippen LogP contribution < -0.4 is 9.80 Å². The summed E-state index contributed by atoms with van der Waals surface area (Å²) in [7, 11) is 0. The first-order valence-corrected chi connectivity index (χ1v) is 43.5. The van der Waals surface area contributed by atoms with Crippen molar-refractivity contribution >= 4 is 77.2 Å². The molecular formula is C114H94N2. The van der Waals surface area contributed by atoms with E-state index in [0.717, 1.165) is 47.3 Å². The number of fused-ring (bicyclic) bond motifs is 18. The van der Waals surface area contributed by atoms with Crippen LogP contribution >= 0.6 is 0 Å². The highest BCUT2D eigenvalue weighted by Crippen LogP contribution is 2.72. The molecule has 0 aromatic heterocycles. The van der Waals surface area contributed by atoms with Gasteiger partial charge in [-0.3, -0.25) is 0 Å². The molecule has 2 nitrogen and oxygen atoms in total. The molecule has 2 spiro atoms. The third-order valence-corrected chi connectivity index (χ3v) is 31.7. The van der Waals surface area contributed by atoms with E-state index in [1.807, 2.05) is 0 Å². The van der Waals surface area contributed by atoms with E-state index < -0.39 is 0 Å². The van der Waals surface area contributed by atoms with Gasteiger partial charge in [-0.2, -0.15) is 0 Å². The maximum Gasteiger partial charge on any atom is 0.0546 e. The highest BCUT2D eigenvalue weighted by atomic mass is 15.1. The van der Waals surface area contributed by atoms with E-state index in [9.17, 15) is 0 Å². The Morgan fingerprint density at radius 1 is 0.216 bits per heavy atom. The van der Waals surface area contributed by atoms with Crippen molar-refractivity contribution < 1.29 is 0 Å². The molecule has 16 aromatic carbocycles. The summed E-state index contributed by atoms with van der Waals surface area (Å²) in [6, 6.07) is 126. The molecule has 2 heteroatoms. The molecule has 0 saturated heterocycles. The van der Waals surface area contributed by atoms with Crippen LogP contribution in [0.3, 0.4) is 0 Å². The van der Waals surface area contributed by atoms with Crippen molar-refractivity contribution in [2.24, 2.45) is 47.3 Å². The van der Waals surface area contributed by atoms with Crippen molar-refractivity contribution in [1.82, 2.24) is 0 Å². The highest BCUT2D eigenvalue weighted by Gasteiger charge is 2.63. The van der Waals surface area contributed by atoms with E-state index in [4.69, 9.17) is 0 Å². The van der Waals surface area contributed by atoms with Gasteiger partial charge in [0.2, 0.25) is 0 Å². The van der Waals surface area contributed by atoms with Crippen LogP contribution in [0.15, 0.2) is 328 Å². The van der Waals surface area contributed by atoms with E-state index in [-0.39, 0.29) is 21.7 Å². The fourth-order valence-corrected chi connectivity index (χ4v) is 27.4. The third-order valence-electron chi connectivity index (χ3n) is 31.7. The van der Waals surface area contributed by atoms with Gasteiger partial charge in [-0.15, -0.1) is 0 Å². The molecule has 16 aromatic rings. The van der Waals surface area contributed by atoms with Crippen LogP contribution in [0.1, 0.15) is 136 Å². The molecule has 12 aliphatic carbocycles. The van der Waals surface area contributed by atoms with E-state index >= 15 is 0 Å². The number of rotatable bonds is 8. The predicted molar refractivity (Wildman–Crippen MR) is 485 cm³/mol. The van der Waals surface area contributed by atoms with E-state index in [0.29, 0.717) is 0 Å². The Hall–Kier alpha value is -11.8. The summed E-state index contributed by atoms with van der Waals surface area (Å²) >= 11 is 0. The lowest BCUT2D eigenvalue weighted by molar-refractivity contribution is -0.0399. The Morgan fingerprint density at radius 3 is 1.06 bits per heavy atom. The van der Waals surface area contributed by atoms with Gasteiger partial charge in [-0.25, -0.2) is 0 Å². The summed E-state index contributed by atoms with van der Waals surface area (Å²) in [5.74, 6) is 6.82. The van der Waals surface area contributed by atoms with Crippen LogP contribution in [0, 0.1) is 47.3 Å². The molecule has 12 aliphatic rings. The van der Waals surface area contributed by atoms with E-state index in [1.165, 1.54) is 230 Å². The minimum absolute atomic E-state index is 0.0850. The fourth-order valence-electron chi connectivity index (χ4n) is 27.4. The Balaban J connectivity index is 0.000000130. The number of benzene rings is 16. The minimum Gasteiger partial charge on any atom is -0.310 e. The Morgan fingerprint density at radius 2 is 0.552 bits per heavy atom. The number of hydrogen-bond acceptors (Lipinski definition) is 2. The average molecular weight is 1490 g/mol. The lowest BCUT2D eigenvalue weighted by Gasteiger charge is -2.61. The van der Waals surface area contributed by atoms with Crippen molar-refractivity contribution in [1.29, 1.82) is 0 Å². The van der Waals surface area contributed by atoms with Gasteiger partial charge in [-0.1, -0.05) is 289 Å². The molecule has 116 heavy (non-hydrogen) atoms. The molecule has 0 unspecified atom stereocenters. The zero-order valence-corrected chi connectivity index (χ0v) is 66.8. The van der Waals surface area contributed by atoms with Crippen LogP contribution in [-0.2, 0) is 21.7 Å². The lowest BCUT2D eigenvalue weighted by atomic mass is 9.43. The van der Waals surface area contributed by atoms with Gasteiger partial charge in [0, 0.05) is 55.5 Å². The molecule has 0 aliphatic heterocycles. The Labute approximate surface area is 682 Å². The van der Waals surface area contributed by atoms with Gasteiger partial charge >= 0.3 is 0 Å². The predicted octanol–water partition coefficient (Wildman–Crippen LogP) is 30.3. The van der Waals surface area contributed by atoms with Gasteiger partial charge in [-0.05, 0) is 327 Å². The van der Waals surface area contributed by atoms with Crippen molar-refractivity contribution in [3.05, 3.63) is 372 Å². The first kappa shape index (κ1) is 67.5. The minimum atomic E-state index is -0.0957. The van der Waals surface area contributed by atoms with Gasteiger partial charge in [0.25, 0.3) is 0 Å². The summed E-state index contributed by atoms with van der Waals surface area (Å²) in [4.78, 5) is 5.00. The van der Waals surface area contributed by atoms with Crippen LogP contribution in [0.2, 0.25) is 0 Å². The van der Waals surface area contributed by atoms with Crippen LogP contribution in [0.4, 0.5) is 34.1 Å². The summed E-state index contributed by atoms with van der Waals surface area (Å²) < 4.78 is 0. The first-order valence-electron chi connectivity index (χ1n) is 43.5. The number of nitrogens with zero attached hydrogens (tertiary/aromatic N) is 2. The van der Waals surface area contributed by atoms with Gasteiger partial charge in [0.05, 0.1) is 5.69 Å². The van der Waals surface area contributed by atoms with Gasteiger partial charge in [0.1, 0.15) is 0 Å². The zero-order valence-electron chi connectivity index (χ0n) is 66.8. The second-order valence-corrected chi connectivity index (χ2v) is 37.8. The summed E-state index contributed by atoms with van der Waals surface area (Å²) in [5, 5.41) is 10.2. The maximum absolute atomic E-state index is 2.52. The second kappa shape index (κ2) is 24.8. The monoisotopic (exact) mass is 1490 g/mol. The standard InChI is InChI=1S/2C57H47N/c1-56(2)51-15-7-5-12-48(51)49-27-25-44(34-54(49)56)58(43-24-26-46-39(33-43)19-18-37-10-3-4-11-45(37)46)42-22-20-38(21-23-42)47-14-9-17-53-55(47)50-13-6-8-16-52(50)57(53)40-29-35-28-36(31-40)32-41(57)30-35;1-56(2)50-19-9-7-15-46(50)47-27-26-42(34-53(47)56)58(54-33-38-12-3-4-13-43(38)45-14-5-6-16-48(45)54)41-24-22-37(23-25-41)44-18-11-21-52-55(44)49-17-8-10-20-51(49)57(52)39-29-35-28-36(31-39)32-40(57)30-35/h3-27,33-36,40-41H,28-32H2,1-2H3;3-27,33-36,39-40H,28-32H2,1-2H3. The molecule has 28 rings (SSSR count). The van der Waals surface area contributed by atoms with Gasteiger partial charge < -0.3 is 9.80 Å².